The maximum absolute atomic E-state index is 12.2. The first-order chi connectivity index (χ1) is 12.2. The van der Waals surface area contributed by atoms with Crippen LogP contribution in [0, 0.1) is 6.92 Å². The number of carbonyl (C=O) groups is 1. The van der Waals surface area contributed by atoms with Crippen molar-refractivity contribution >= 4 is 28.6 Å². The highest BCUT2D eigenvalue weighted by Crippen LogP contribution is 2.28. The Labute approximate surface area is 151 Å². The number of ether oxygens (including phenoxy) is 1. The van der Waals surface area contributed by atoms with Crippen LogP contribution in [0.15, 0.2) is 52.9 Å². The standard InChI is InChI=1S/C20H21NO3S/c1-14-6-8-15(9-7-14)13-25-11-10-21-20(22)18-12-16-4-3-5-17(23-2)19(16)24-18/h3-9,12H,10-11,13H2,1-2H3,(H,21,22). The van der Waals surface area contributed by atoms with E-state index in [1.54, 1.807) is 24.9 Å². The quantitative estimate of drug-likeness (QED) is 0.638. The minimum atomic E-state index is -0.200. The lowest BCUT2D eigenvalue weighted by atomic mass is 10.2. The number of carbonyl (C=O) groups excluding carboxylic acids is 1. The second-order valence-electron chi connectivity index (χ2n) is 5.78. The summed E-state index contributed by atoms with van der Waals surface area (Å²) in [5.74, 6) is 2.53. The van der Waals surface area contributed by atoms with E-state index in [0.717, 1.165) is 16.9 Å². The van der Waals surface area contributed by atoms with Gasteiger partial charge in [0.1, 0.15) is 0 Å². The number of nitrogens with one attached hydrogen (secondary N) is 1. The van der Waals surface area contributed by atoms with Gasteiger partial charge in [-0.1, -0.05) is 42.0 Å². The van der Waals surface area contributed by atoms with Crippen molar-refractivity contribution in [2.75, 3.05) is 19.4 Å². The number of furan rings is 1. The number of methoxy groups -OCH3 is 1. The van der Waals surface area contributed by atoms with Crippen LogP contribution in [-0.4, -0.2) is 25.3 Å². The molecule has 0 bridgehead atoms. The summed E-state index contributed by atoms with van der Waals surface area (Å²) in [6, 6.07) is 15.9. The molecule has 0 atom stereocenters. The van der Waals surface area contributed by atoms with Crippen LogP contribution in [-0.2, 0) is 5.75 Å². The number of fused-ring (bicyclic) bond motifs is 1. The Hall–Kier alpha value is -2.40. The molecule has 4 nitrogen and oxygen atoms in total. The third-order valence-corrected chi connectivity index (χ3v) is 4.90. The number of para-hydroxylation sites is 1. The molecule has 0 spiro atoms. The Morgan fingerprint density at radius 1 is 1.20 bits per heavy atom. The van der Waals surface area contributed by atoms with E-state index < -0.39 is 0 Å². The minimum absolute atomic E-state index is 0.200. The van der Waals surface area contributed by atoms with E-state index in [2.05, 4.69) is 36.5 Å². The summed E-state index contributed by atoms with van der Waals surface area (Å²) in [7, 11) is 1.59. The fourth-order valence-corrected chi connectivity index (χ4v) is 3.33. The van der Waals surface area contributed by atoms with Crippen LogP contribution in [0.25, 0.3) is 11.0 Å². The number of hydrogen-bond acceptors (Lipinski definition) is 4. The molecule has 0 unspecified atom stereocenters. The fraction of sp³-hybridized carbons (Fsp3) is 0.250. The zero-order chi connectivity index (χ0) is 17.6. The van der Waals surface area contributed by atoms with Gasteiger partial charge in [0.25, 0.3) is 5.91 Å². The highest BCUT2D eigenvalue weighted by Gasteiger charge is 2.14. The lowest BCUT2D eigenvalue weighted by Crippen LogP contribution is -2.25. The summed E-state index contributed by atoms with van der Waals surface area (Å²) in [5, 5.41) is 3.76. The highest BCUT2D eigenvalue weighted by atomic mass is 32.2. The summed E-state index contributed by atoms with van der Waals surface area (Å²) < 4.78 is 10.9. The van der Waals surface area contributed by atoms with Gasteiger partial charge in [0.15, 0.2) is 17.1 Å². The van der Waals surface area contributed by atoms with Crippen LogP contribution in [0.3, 0.4) is 0 Å². The normalized spacial score (nSPS) is 10.8. The van der Waals surface area contributed by atoms with E-state index in [1.807, 2.05) is 18.2 Å². The molecule has 0 aliphatic heterocycles. The molecular formula is C20H21NO3S. The van der Waals surface area contributed by atoms with Crippen molar-refractivity contribution in [1.29, 1.82) is 0 Å². The Morgan fingerprint density at radius 2 is 2.00 bits per heavy atom. The summed E-state index contributed by atoms with van der Waals surface area (Å²) in [6.45, 7) is 2.68. The van der Waals surface area contributed by atoms with E-state index in [-0.39, 0.29) is 5.91 Å². The molecule has 0 radical (unpaired) electrons. The molecule has 1 heterocycles. The SMILES string of the molecule is COc1cccc2cc(C(=O)NCCSCc3ccc(C)cc3)oc12. The molecule has 5 heteroatoms. The van der Waals surface area contributed by atoms with Gasteiger partial charge in [-0.25, -0.2) is 0 Å². The third kappa shape index (κ3) is 4.37. The molecule has 3 aromatic rings. The molecule has 0 saturated carbocycles. The Kier molecular flexibility index (Phi) is 5.66. The van der Waals surface area contributed by atoms with Crippen molar-refractivity contribution in [3.8, 4) is 5.75 Å². The maximum Gasteiger partial charge on any atom is 0.287 e. The molecule has 1 N–H and O–H groups in total. The number of hydrogen-bond donors (Lipinski definition) is 1. The van der Waals surface area contributed by atoms with Gasteiger partial charge in [-0.2, -0.15) is 11.8 Å². The van der Waals surface area contributed by atoms with Gasteiger partial charge >= 0.3 is 0 Å². The molecule has 1 aromatic heterocycles. The van der Waals surface area contributed by atoms with Gasteiger partial charge in [-0.3, -0.25) is 4.79 Å². The molecule has 1 amide bonds. The third-order valence-electron chi connectivity index (χ3n) is 3.87. The molecule has 25 heavy (non-hydrogen) atoms. The molecule has 0 fully saturated rings. The smallest absolute Gasteiger partial charge is 0.287 e. The van der Waals surface area contributed by atoms with Crippen LogP contribution in [0.2, 0.25) is 0 Å². The first-order valence-corrected chi connectivity index (χ1v) is 9.31. The van der Waals surface area contributed by atoms with Gasteiger partial charge in [0, 0.05) is 23.4 Å². The van der Waals surface area contributed by atoms with Gasteiger partial charge in [0.05, 0.1) is 7.11 Å². The van der Waals surface area contributed by atoms with E-state index in [4.69, 9.17) is 9.15 Å². The van der Waals surface area contributed by atoms with Crippen LogP contribution >= 0.6 is 11.8 Å². The van der Waals surface area contributed by atoms with E-state index in [0.29, 0.717) is 23.6 Å². The van der Waals surface area contributed by atoms with Crippen molar-refractivity contribution in [3.05, 3.63) is 65.4 Å². The van der Waals surface area contributed by atoms with Crippen molar-refractivity contribution in [2.45, 2.75) is 12.7 Å². The van der Waals surface area contributed by atoms with Crippen LogP contribution < -0.4 is 10.1 Å². The Balaban J connectivity index is 1.48. The summed E-state index contributed by atoms with van der Waals surface area (Å²) >= 11 is 1.80. The lowest BCUT2D eigenvalue weighted by molar-refractivity contribution is 0.0930. The van der Waals surface area contributed by atoms with Crippen LogP contribution in [0.5, 0.6) is 5.75 Å². The predicted octanol–water partition coefficient (Wildman–Crippen LogP) is 4.41. The zero-order valence-corrected chi connectivity index (χ0v) is 15.2. The molecule has 3 rings (SSSR count). The fourth-order valence-electron chi connectivity index (χ4n) is 2.51. The Morgan fingerprint density at radius 3 is 2.76 bits per heavy atom. The summed E-state index contributed by atoms with van der Waals surface area (Å²) in [5.41, 5.74) is 3.17. The second-order valence-corrected chi connectivity index (χ2v) is 6.89. The predicted molar refractivity (Wildman–Crippen MR) is 102 cm³/mol. The van der Waals surface area contributed by atoms with E-state index >= 15 is 0 Å². The van der Waals surface area contributed by atoms with Gasteiger partial charge in [-0.15, -0.1) is 0 Å². The van der Waals surface area contributed by atoms with Gasteiger partial charge in [-0.05, 0) is 24.6 Å². The average Bonchev–Trinajstić information content (AvgIpc) is 3.07. The summed E-state index contributed by atoms with van der Waals surface area (Å²) in [4.78, 5) is 12.2. The number of amides is 1. The van der Waals surface area contributed by atoms with Gasteiger partial charge in [0.2, 0.25) is 0 Å². The maximum atomic E-state index is 12.2. The number of rotatable bonds is 7. The molecule has 0 aliphatic rings. The number of aryl methyl sites for hydroxylation is 1. The first kappa shape index (κ1) is 17.4. The lowest BCUT2D eigenvalue weighted by Gasteiger charge is -2.04. The van der Waals surface area contributed by atoms with E-state index in [1.165, 1.54) is 11.1 Å². The molecule has 0 aliphatic carbocycles. The molecule has 130 valence electrons. The largest absolute Gasteiger partial charge is 0.493 e. The minimum Gasteiger partial charge on any atom is -0.493 e. The number of benzene rings is 2. The molecular weight excluding hydrogens is 334 g/mol. The topological polar surface area (TPSA) is 51.5 Å². The van der Waals surface area contributed by atoms with Crippen LogP contribution in [0.4, 0.5) is 0 Å². The average molecular weight is 355 g/mol. The summed E-state index contributed by atoms with van der Waals surface area (Å²) in [6.07, 6.45) is 0. The second kappa shape index (κ2) is 8.12. The molecule has 2 aromatic carbocycles. The van der Waals surface area contributed by atoms with Crippen molar-refractivity contribution in [3.63, 3.8) is 0 Å². The monoisotopic (exact) mass is 355 g/mol. The Bertz CT molecular complexity index is 855. The zero-order valence-electron chi connectivity index (χ0n) is 14.4. The molecule has 0 saturated heterocycles. The number of thioether (sulfide) groups is 1. The van der Waals surface area contributed by atoms with E-state index in [9.17, 15) is 4.79 Å². The first-order valence-electron chi connectivity index (χ1n) is 8.15. The van der Waals surface area contributed by atoms with Crippen molar-refractivity contribution in [2.24, 2.45) is 0 Å². The van der Waals surface area contributed by atoms with Crippen molar-refractivity contribution in [1.82, 2.24) is 5.32 Å². The van der Waals surface area contributed by atoms with Crippen molar-refractivity contribution < 1.29 is 13.9 Å². The van der Waals surface area contributed by atoms with Crippen LogP contribution in [0.1, 0.15) is 21.7 Å². The highest BCUT2D eigenvalue weighted by molar-refractivity contribution is 7.98. The van der Waals surface area contributed by atoms with Gasteiger partial charge < -0.3 is 14.5 Å².